The number of hydrogen-bond acceptors (Lipinski definition) is 4. The Hall–Kier alpha value is -2.60. The predicted octanol–water partition coefficient (Wildman–Crippen LogP) is 3.88. The van der Waals surface area contributed by atoms with Crippen LogP contribution in [-0.4, -0.2) is 35.2 Å². The van der Waals surface area contributed by atoms with Gasteiger partial charge in [0.15, 0.2) is 0 Å². The minimum Gasteiger partial charge on any atom is -0.494 e. The molecule has 31 heavy (non-hydrogen) atoms. The van der Waals surface area contributed by atoms with Crippen LogP contribution in [0.3, 0.4) is 0 Å². The molecule has 2 aromatic carbocycles. The molecule has 1 aromatic heterocycles. The average molecular weight is 444 g/mol. The van der Waals surface area contributed by atoms with Crippen LogP contribution in [0.1, 0.15) is 30.2 Å². The van der Waals surface area contributed by atoms with E-state index < -0.39 is 7.60 Å². The summed E-state index contributed by atoms with van der Waals surface area (Å²) in [5.41, 5.74) is 9.74. The maximum Gasteiger partial charge on any atom is 0.327 e. The van der Waals surface area contributed by atoms with Gasteiger partial charge in [0, 0.05) is 30.3 Å². The number of carbonyl (C=O) groups is 1. The van der Waals surface area contributed by atoms with Gasteiger partial charge in [-0.15, -0.1) is 0 Å². The summed E-state index contributed by atoms with van der Waals surface area (Å²) in [6.45, 7) is 3.05. The topological polar surface area (TPSA) is 104 Å². The fourth-order valence-electron chi connectivity index (χ4n) is 3.81. The summed E-state index contributed by atoms with van der Waals surface area (Å²) in [7, 11) is -2.31. The molecule has 1 unspecified atom stereocenters. The molecule has 166 valence electrons. The molecule has 1 heterocycles. The van der Waals surface area contributed by atoms with Gasteiger partial charge in [0.05, 0.1) is 19.2 Å². The minimum atomic E-state index is -3.53. The Morgan fingerprint density at radius 2 is 1.94 bits per heavy atom. The zero-order valence-electron chi connectivity index (χ0n) is 17.9. The van der Waals surface area contributed by atoms with Crippen LogP contribution in [0.5, 0.6) is 5.75 Å². The van der Waals surface area contributed by atoms with Crippen molar-refractivity contribution in [2.75, 3.05) is 19.9 Å². The second kappa shape index (κ2) is 10.1. The molecule has 0 aliphatic heterocycles. The normalized spacial score (nSPS) is 13.3. The second-order valence-electron chi connectivity index (χ2n) is 7.42. The highest BCUT2D eigenvalue weighted by atomic mass is 31.2. The highest BCUT2D eigenvalue weighted by Gasteiger charge is 2.19. The molecule has 0 bridgehead atoms. The molecule has 3 rings (SSSR count). The first-order valence-corrected chi connectivity index (χ1v) is 12.1. The second-order valence-corrected chi connectivity index (χ2v) is 9.51. The monoisotopic (exact) mass is 444 g/mol. The van der Waals surface area contributed by atoms with Gasteiger partial charge < -0.3 is 24.5 Å². The first-order chi connectivity index (χ1) is 14.8. The predicted molar refractivity (Wildman–Crippen MR) is 122 cm³/mol. The first kappa shape index (κ1) is 23.1. The van der Waals surface area contributed by atoms with Crippen molar-refractivity contribution in [1.82, 2.24) is 4.57 Å². The fourth-order valence-corrected chi connectivity index (χ4v) is 4.53. The van der Waals surface area contributed by atoms with Crippen LogP contribution in [0, 0.1) is 0 Å². The molecule has 7 nitrogen and oxygen atoms in total. The van der Waals surface area contributed by atoms with Crippen molar-refractivity contribution < 1.29 is 23.5 Å². The minimum absolute atomic E-state index is 0.0338. The molecule has 3 N–H and O–H groups in total. The van der Waals surface area contributed by atoms with Crippen LogP contribution in [0.4, 0.5) is 0 Å². The van der Waals surface area contributed by atoms with Crippen molar-refractivity contribution in [2.45, 2.75) is 32.7 Å². The maximum atomic E-state index is 11.8. The van der Waals surface area contributed by atoms with Crippen LogP contribution < -0.4 is 10.5 Å². The first-order valence-electron chi connectivity index (χ1n) is 10.3. The third-order valence-electron chi connectivity index (χ3n) is 5.27. The summed E-state index contributed by atoms with van der Waals surface area (Å²) in [5.74, 6) is 0.265. The van der Waals surface area contributed by atoms with E-state index in [-0.39, 0.29) is 25.1 Å². The molecule has 0 radical (unpaired) electrons. The van der Waals surface area contributed by atoms with Gasteiger partial charge in [-0.2, -0.15) is 0 Å². The highest BCUT2D eigenvalue weighted by Crippen LogP contribution is 2.41. The Labute approximate surface area is 182 Å². The van der Waals surface area contributed by atoms with E-state index in [9.17, 15) is 14.3 Å². The van der Waals surface area contributed by atoms with Crippen molar-refractivity contribution in [3.63, 3.8) is 0 Å². The van der Waals surface area contributed by atoms with Gasteiger partial charge in [-0.1, -0.05) is 37.3 Å². The van der Waals surface area contributed by atoms with E-state index in [0.717, 1.165) is 28.6 Å². The van der Waals surface area contributed by atoms with E-state index in [1.807, 2.05) is 36.4 Å². The lowest BCUT2D eigenvalue weighted by Gasteiger charge is -2.11. The summed E-state index contributed by atoms with van der Waals surface area (Å²) in [6.07, 6.45) is 1.35. The number of carbonyl (C=O) groups excluding carboxylic acids is 1. The number of nitrogens with zero attached hydrogens (tertiary/aromatic N) is 1. The number of benzene rings is 2. The van der Waals surface area contributed by atoms with Gasteiger partial charge in [-0.05, 0) is 42.2 Å². The van der Waals surface area contributed by atoms with Gasteiger partial charge in [0.25, 0.3) is 0 Å². The van der Waals surface area contributed by atoms with Gasteiger partial charge in [-0.3, -0.25) is 9.36 Å². The number of hydrogen-bond donors (Lipinski definition) is 2. The van der Waals surface area contributed by atoms with Crippen LogP contribution in [0.25, 0.3) is 10.9 Å². The van der Waals surface area contributed by atoms with Crippen LogP contribution in [-0.2, 0) is 33.3 Å². The molecular formula is C23H29N2O5P. The Balaban J connectivity index is 1.92. The number of nitrogens with two attached hydrogens (primary N) is 1. The van der Waals surface area contributed by atoms with E-state index in [1.165, 1.54) is 12.7 Å². The maximum absolute atomic E-state index is 11.8. The number of fused-ring (bicyclic) bond motifs is 1. The molecule has 0 saturated carbocycles. The Kier molecular flexibility index (Phi) is 7.55. The SMILES string of the molecule is CCc1c(CC(N)=O)c2cc(OCCCP(=O)(O)OC)ccc2n1Cc1ccccc1. The number of aromatic nitrogens is 1. The highest BCUT2D eigenvalue weighted by molar-refractivity contribution is 7.52. The van der Waals surface area contributed by atoms with Crippen molar-refractivity contribution in [3.8, 4) is 5.75 Å². The molecule has 0 aliphatic rings. The number of rotatable bonds is 11. The smallest absolute Gasteiger partial charge is 0.327 e. The molecule has 0 fully saturated rings. The van der Waals surface area contributed by atoms with E-state index in [1.54, 1.807) is 0 Å². The summed E-state index contributed by atoms with van der Waals surface area (Å²) in [4.78, 5) is 21.3. The van der Waals surface area contributed by atoms with Crippen LogP contribution in [0.15, 0.2) is 48.5 Å². The summed E-state index contributed by atoms with van der Waals surface area (Å²) < 4.78 is 24.2. The van der Waals surface area contributed by atoms with E-state index >= 15 is 0 Å². The molecule has 1 atom stereocenters. The third-order valence-corrected chi connectivity index (χ3v) is 6.72. The number of primary amides is 1. The van der Waals surface area contributed by atoms with Gasteiger partial charge in [0.1, 0.15) is 5.75 Å². The number of amides is 1. The van der Waals surface area contributed by atoms with Gasteiger partial charge in [0.2, 0.25) is 5.91 Å². The van der Waals surface area contributed by atoms with Crippen LogP contribution >= 0.6 is 7.60 Å². The largest absolute Gasteiger partial charge is 0.494 e. The van der Waals surface area contributed by atoms with Gasteiger partial charge >= 0.3 is 7.60 Å². The molecule has 0 aliphatic carbocycles. The fraction of sp³-hybridized carbons (Fsp3) is 0.348. The zero-order valence-corrected chi connectivity index (χ0v) is 18.8. The van der Waals surface area contributed by atoms with Gasteiger partial charge in [-0.25, -0.2) is 0 Å². The van der Waals surface area contributed by atoms with E-state index in [0.29, 0.717) is 18.7 Å². The Morgan fingerprint density at radius 1 is 1.19 bits per heavy atom. The van der Waals surface area contributed by atoms with Crippen molar-refractivity contribution in [1.29, 1.82) is 0 Å². The zero-order chi connectivity index (χ0) is 22.4. The lowest BCUT2D eigenvalue weighted by Crippen LogP contribution is -2.15. The van der Waals surface area contributed by atoms with E-state index in [4.69, 9.17) is 10.5 Å². The standard InChI is InChI=1S/C23H29N2O5P/c1-3-21-20(15-23(24)26)19-14-18(30-12-7-13-31(27,28)29-2)10-11-22(19)25(21)16-17-8-5-4-6-9-17/h4-6,8-11,14H,3,7,12-13,15-16H2,1-2H3,(H2,24,26)(H,27,28). The molecule has 0 saturated heterocycles. The van der Waals surface area contributed by atoms with Crippen LogP contribution in [0.2, 0.25) is 0 Å². The average Bonchev–Trinajstić information content (AvgIpc) is 3.03. The Morgan fingerprint density at radius 3 is 2.58 bits per heavy atom. The van der Waals surface area contributed by atoms with Crippen molar-refractivity contribution in [2.24, 2.45) is 5.73 Å². The quantitative estimate of drug-likeness (QED) is 0.345. The Bertz CT molecular complexity index is 1090. The van der Waals surface area contributed by atoms with Crippen molar-refractivity contribution in [3.05, 3.63) is 65.4 Å². The van der Waals surface area contributed by atoms with Crippen molar-refractivity contribution >= 4 is 24.4 Å². The summed E-state index contributed by atoms with van der Waals surface area (Å²) in [6, 6.07) is 16.0. The van der Waals surface area contributed by atoms with E-state index in [2.05, 4.69) is 28.1 Å². The number of ether oxygens (including phenoxy) is 1. The summed E-state index contributed by atoms with van der Waals surface area (Å²) in [5, 5.41) is 0.939. The lowest BCUT2D eigenvalue weighted by molar-refractivity contribution is -0.117. The molecule has 8 heteroatoms. The summed E-state index contributed by atoms with van der Waals surface area (Å²) >= 11 is 0. The third kappa shape index (κ3) is 5.76. The molecule has 0 spiro atoms. The molecular weight excluding hydrogens is 415 g/mol. The molecule has 1 amide bonds. The lowest BCUT2D eigenvalue weighted by atomic mass is 10.1. The molecule has 3 aromatic rings.